The van der Waals surface area contributed by atoms with Crippen molar-refractivity contribution in [2.75, 3.05) is 13.7 Å². The molecular formula is C17H21NO2S. The Balaban J connectivity index is 2.40. The number of ether oxygens (including phenoxy) is 1. The van der Waals surface area contributed by atoms with Crippen molar-refractivity contribution in [3.8, 4) is 16.2 Å². The van der Waals surface area contributed by atoms with E-state index in [0.717, 1.165) is 10.4 Å². The van der Waals surface area contributed by atoms with Gasteiger partial charge < -0.3 is 9.64 Å². The molecule has 0 atom stereocenters. The summed E-state index contributed by atoms with van der Waals surface area (Å²) in [6.45, 7) is 6.49. The molecule has 0 unspecified atom stereocenters. The summed E-state index contributed by atoms with van der Waals surface area (Å²) in [5, 5.41) is 0. The van der Waals surface area contributed by atoms with Gasteiger partial charge in [0, 0.05) is 18.0 Å². The predicted octanol–water partition coefficient (Wildman–Crippen LogP) is 4.29. The zero-order valence-electron chi connectivity index (χ0n) is 12.9. The van der Waals surface area contributed by atoms with Crippen molar-refractivity contribution in [1.82, 2.24) is 4.90 Å². The number of thiophene rings is 1. The summed E-state index contributed by atoms with van der Waals surface area (Å²) < 4.78 is 5.65. The lowest BCUT2D eigenvalue weighted by Crippen LogP contribution is -2.32. The number of rotatable bonds is 5. The van der Waals surface area contributed by atoms with E-state index < -0.39 is 0 Å². The number of nitrogens with zero attached hydrogens (tertiary/aromatic N) is 1. The highest BCUT2D eigenvalue weighted by molar-refractivity contribution is 7.17. The summed E-state index contributed by atoms with van der Waals surface area (Å²) in [6, 6.07) is 12.2. The molecular weight excluding hydrogens is 282 g/mol. The van der Waals surface area contributed by atoms with E-state index in [-0.39, 0.29) is 11.9 Å². The first-order valence-electron chi connectivity index (χ1n) is 7.13. The van der Waals surface area contributed by atoms with Crippen LogP contribution in [0.4, 0.5) is 0 Å². The highest BCUT2D eigenvalue weighted by Gasteiger charge is 2.22. The summed E-state index contributed by atoms with van der Waals surface area (Å²) in [5.74, 6) is 0.694. The largest absolute Gasteiger partial charge is 0.492 e. The van der Waals surface area contributed by atoms with Crippen LogP contribution >= 0.6 is 11.3 Å². The highest BCUT2D eigenvalue weighted by atomic mass is 32.1. The van der Waals surface area contributed by atoms with Gasteiger partial charge in [0.2, 0.25) is 0 Å². The van der Waals surface area contributed by atoms with Gasteiger partial charge in [-0.2, -0.15) is 0 Å². The minimum absolute atomic E-state index is 0.0145. The molecule has 0 aliphatic rings. The van der Waals surface area contributed by atoms with E-state index in [1.807, 2.05) is 64.2 Å². The van der Waals surface area contributed by atoms with Gasteiger partial charge in [-0.1, -0.05) is 30.3 Å². The summed E-state index contributed by atoms with van der Waals surface area (Å²) in [6.07, 6.45) is 0. The maximum absolute atomic E-state index is 12.6. The Morgan fingerprint density at radius 3 is 2.52 bits per heavy atom. The van der Waals surface area contributed by atoms with E-state index >= 15 is 0 Å². The van der Waals surface area contributed by atoms with Gasteiger partial charge in [0.1, 0.15) is 10.6 Å². The highest BCUT2D eigenvalue weighted by Crippen LogP contribution is 2.37. The van der Waals surface area contributed by atoms with Crippen LogP contribution in [0, 0.1) is 0 Å². The Labute approximate surface area is 130 Å². The zero-order chi connectivity index (χ0) is 15.4. The van der Waals surface area contributed by atoms with E-state index in [1.165, 1.54) is 11.3 Å². The fraction of sp³-hybridized carbons (Fsp3) is 0.353. The molecule has 21 heavy (non-hydrogen) atoms. The molecule has 1 aromatic carbocycles. The second kappa shape index (κ2) is 6.76. The van der Waals surface area contributed by atoms with Gasteiger partial charge in [0.15, 0.2) is 0 Å². The van der Waals surface area contributed by atoms with Crippen molar-refractivity contribution in [2.24, 2.45) is 0 Å². The Morgan fingerprint density at radius 1 is 1.29 bits per heavy atom. The second-order valence-corrected chi connectivity index (χ2v) is 6.17. The molecule has 0 saturated carbocycles. The Morgan fingerprint density at radius 2 is 1.95 bits per heavy atom. The molecule has 0 radical (unpaired) electrons. The van der Waals surface area contributed by atoms with Crippen LogP contribution in [0.15, 0.2) is 36.4 Å². The molecule has 2 rings (SSSR count). The molecule has 1 heterocycles. The SMILES string of the molecule is CCOc1cc(-c2ccccc2)sc1C(=O)N(C)C(C)C. The quantitative estimate of drug-likeness (QED) is 0.824. The van der Waals surface area contributed by atoms with E-state index in [1.54, 1.807) is 4.90 Å². The number of amides is 1. The van der Waals surface area contributed by atoms with Gasteiger partial charge in [-0.15, -0.1) is 11.3 Å². The number of carbonyl (C=O) groups is 1. The molecule has 0 saturated heterocycles. The first kappa shape index (κ1) is 15.6. The first-order valence-corrected chi connectivity index (χ1v) is 7.95. The molecule has 0 aliphatic heterocycles. The van der Waals surface area contributed by atoms with Crippen LogP contribution in [0.25, 0.3) is 10.4 Å². The summed E-state index contributed by atoms with van der Waals surface area (Å²) >= 11 is 1.49. The van der Waals surface area contributed by atoms with E-state index in [9.17, 15) is 4.79 Å². The van der Waals surface area contributed by atoms with Crippen LogP contribution in [0.1, 0.15) is 30.4 Å². The van der Waals surface area contributed by atoms with Crippen molar-refractivity contribution in [1.29, 1.82) is 0 Å². The maximum atomic E-state index is 12.6. The Hall–Kier alpha value is -1.81. The smallest absolute Gasteiger partial charge is 0.267 e. The molecule has 112 valence electrons. The normalized spacial score (nSPS) is 10.7. The van der Waals surface area contributed by atoms with Gasteiger partial charge in [0.25, 0.3) is 5.91 Å². The van der Waals surface area contributed by atoms with E-state index in [0.29, 0.717) is 17.2 Å². The average Bonchev–Trinajstić information content (AvgIpc) is 2.91. The van der Waals surface area contributed by atoms with Crippen molar-refractivity contribution in [3.63, 3.8) is 0 Å². The lowest BCUT2D eigenvalue weighted by Gasteiger charge is -2.21. The van der Waals surface area contributed by atoms with Crippen LogP contribution < -0.4 is 4.74 Å². The lowest BCUT2D eigenvalue weighted by molar-refractivity contribution is 0.0756. The Kier molecular flexibility index (Phi) is 5.02. The molecule has 0 fully saturated rings. The van der Waals surface area contributed by atoms with Crippen LogP contribution in [0.2, 0.25) is 0 Å². The molecule has 0 bridgehead atoms. The molecule has 1 amide bonds. The topological polar surface area (TPSA) is 29.5 Å². The molecule has 2 aromatic rings. The standard InChI is InChI=1S/C17H21NO2S/c1-5-20-14-11-15(13-9-7-6-8-10-13)21-16(14)17(19)18(4)12(2)3/h6-12H,5H2,1-4H3. The number of hydrogen-bond acceptors (Lipinski definition) is 3. The first-order chi connectivity index (χ1) is 10.0. The summed E-state index contributed by atoms with van der Waals surface area (Å²) in [4.78, 5) is 16.1. The number of carbonyl (C=O) groups excluding carboxylic acids is 1. The molecule has 0 aliphatic carbocycles. The van der Waals surface area contributed by atoms with Gasteiger partial charge in [-0.05, 0) is 32.4 Å². The third-order valence-electron chi connectivity index (χ3n) is 3.35. The molecule has 0 N–H and O–H groups in total. The van der Waals surface area contributed by atoms with Gasteiger partial charge in [0.05, 0.1) is 6.61 Å². The van der Waals surface area contributed by atoms with Gasteiger partial charge in [-0.25, -0.2) is 0 Å². The average molecular weight is 303 g/mol. The molecule has 4 heteroatoms. The van der Waals surface area contributed by atoms with Crippen LogP contribution in [-0.2, 0) is 0 Å². The minimum Gasteiger partial charge on any atom is -0.492 e. The minimum atomic E-state index is 0.0145. The van der Waals surface area contributed by atoms with Gasteiger partial charge >= 0.3 is 0 Å². The van der Waals surface area contributed by atoms with Crippen molar-refractivity contribution in [3.05, 3.63) is 41.3 Å². The van der Waals surface area contributed by atoms with Crippen molar-refractivity contribution in [2.45, 2.75) is 26.8 Å². The van der Waals surface area contributed by atoms with E-state index in [2.05, 4.69) is 0 Å². The number of hydrogen-bond donors (Lipinski definition) is 0. The fourth-order valence-corrected chi connectivity index (χ4v) is 3.02. The summed E-state index contributed by atoms with van der Waals surface area (Å²) in [5.41, 5.74) is 1.11. The molecule has 3 nitrogen and oxygen atoms in total. The monoisotopic (exact) mass is 303 g/mol. The second-order valence-electron chi connectivity index (χ2n) is 5.11. The van der Waals surface area contributed by atoms with Crippen LogP contribution in [-0.4, -0.2) is 30.5 Å². The Bertz CT molecular complexity index is 605. The molecule has 1 aromatic heterocycles. The third-order valence-corrected chi connectivity index (χ3v) is 4.50. The van der Waals surface area contributed by atoms with Crippen LogP contribution in [0.3, 0.4) is 0 Å². The van der Waals surface area contributed by atoms with Gasteiger partial charge in [-0.3, -0.25) is 4.79 Å². The van der Waals surface area contributed by atoms with Crippen molar-refractivity contribution < 1.29 is 9.53 Å². The third kappa shape index (κ3) is 3.45. The predicted molar refractivity (Wildman–Crippen MR) is 88.2 cm³/mol. The molecule has 0 spiro atoms. The number of benzene rings is 1. The van der Waals surface area contributed by atoms with E-state index in [4.69, 9.17) is 4.74 Å². The fourth-order valence-electron chi connectivity index (χ4n) is 1.93. The summed E-state index contributed by atoms with van der Waals surface area (Å²) in [7, 11) is 1.82. The zero-order valence-corrected chi connectivity index (χ0v) is 13.7. The lowest BCUT2D eigenvalue weighted by atomic mass is 10.2. The maximum Gasteiger partial charge on any atom is 0.267 e. The van der Waals surface area contributed by atoms with Crippen molar-refractivity contribution >= 4 is 17.2 Å². The van der Waals surface area contributed by atoms with Crippen LogP contribution in [0.5, 0.6) is 5.75 Å².